The quantitative estimate of drug-likeness (QED) is 0.717. The van der Waals surface area contributed by atoms with Crippen LogP contribution in [0, 0.1) is 27.7 Å². The van der Waals surface area contributed by atoms with Gasteiger partial charge in [-0.1, -0.05) is 58.7 Å². The topological polar surface area (TPSA) is 18.5 Å². The van der Waals surface area contributed by atoms with E-state index >= 15 is 0 Å². The van der Waals surface area contributed by atoms with Crippen molar-refractivity contribution in [3.63, 3.8) is 0 Å². The van der Waals surface area contributed by atoms with E-state index in [2.05, 4.69) is 91.8 Å². The predicted octanol–water partition coefficient (Wildman–Crippen LogP) is 4.33. The third kappa shape index (κ3) is 4.81. The molecule has 2 nitrogen and oxygen atoms in total. The van der Waals surface area contributed by atoms with Gasteiger partial charge in [0, 0.05) is 12.2 Å². The fourth-order valence-electron chi connectivity index (χ4n) is 3.46. The first-order chi connectivity index (χ1) is 11.6. The maximum Gasteiger partial charge on any atom is 0.407 e. The van der Waals surface area contributed by atoms with E-state index in [0.717, 1.165) is 0 Å². The van der Waals surface area contributed by atoms with E-state index in [9.17, 15) is 0 Å². The van der Waals surface area contributed by atoms with Crippen LogP contribution in [0.4, 0.5) is 0 Å². The summed E-state index contributed by atoms with van der Waals surface area (Å²) in [6.07, 6.45) is 0.180. The second kappa shape index (κ2) is 7.86. The van der Waals surface area contributed by atoms with Crippen LogP contribution in [-0.2, 0) is 8.85 Å². The Labute approximate surface area is 154 Å². The zero-order valence-corrected chi connectivity index (χ0v) is 17.9. The molecule has 2 rings (SSSR count). The zero-order valence-electron chi connectivity index (χ0n) is 16.9. The number of aryl methyl sites for hydroxylation is 4. The maximum absolute atomic E-state index is 6.66. The molecule has 0 unspecified atom stereocenters. The van der Waals surface area contributed by atoms with Gasteiger partial charge >= 0.3 is 8.56 Å². The summed E-state index contributed by atoms with van der Waals surface area (Å²) in [4.78, 5) is 0. The van der Waals surface area contributed by atoms with Crippen molar-refractivity contribution in [2.45, 2.75) is 67.6 Å². The fraction of sp³-hybridized carbons (Fsp3) is 0.455. The van der Waals surface area contributed by atoms with E-state index in [1.165, 1.54) is 32.6 Å². The Balaban J connectivity index is 2.78. The van der Waals surface area contributed by atoms with Gasteiger partial charge in [0.1, 0.15) is 0 Å². The molecule has 3 heteroatoms. The van der Waals surface area contributed by atoms with E-state index < -0.39 is 8.56 Å². The van der Waals surface area contributed by atoms with Crippen LogP contribution in [0.5, 0.6) is 0 Å². The minimum absolute atomic E-state index is 0.0899. The molecule has 0 aliphatic rings. The summed E-state index contributed by atoms with van der Waals surface area (Å²) in [6.45, 7) is 16.9. The standard InChI is InChI=1S/C22H32O2Si/c1-15(2)23-25(24-16(3)4,21-11-17(5)9-18(6)12-21)22-13-19(7)10-20(8)14-22/h9-16H,1-8H3. The summed E-state index contributed by atoms with van der Waals surface area (Å²) >= 11 is 0. The van der Waals surface area contributed by atoms with Crippen LogP contribution in [-0.4, -0.2) is 20.8 Å². The Morgan fingerprint density at radius 2 is 0.840 bits per heavy atom. The molecule has 0 fully saturated rings. The van der Waals surface area contributed by atoms with Crippen LogP contribution in [0.2, 0.25) is 0 Å². The van der Waals surface area contributed by atoms with Gasteiger partial charge in [-0.25, -0.2) is 0 Å². The summed E-state index contributed by atoms with van der Waals surface area (Å²) in [5.74, 6) is 0. The largest absolute Gasteiger partial charge is 0.407 e. The van der Waals surface area contributed by atoms with Gasteiger partial charge in [-0.15, -0.1) is 0 Å². The molecule has 0 radical (unpaired) electrons. The van der Waals surface area contributed by atoms with Gasteiger partial charge < -0.3 is 8.85 Å². The SMILES string of the molecule is Cc1cc(C)cc([Si](OC(C)C)(OC(C)C)c2cc(C)cc(C)c2)c1. The van der Waals surface area contributed by atoms with E-state index in [0.29, 0.717) is 0 Å². The van der Waals surface area contributed by atoms with Crippen molar-refractivity contribution in [3.05, 3.63) is 58.7 Å². The first-order valence-corrected chi connectivity index (χ1v) is 11.0. The molecule has 0 bridgehead atoms. The molecule has 0 aliphatic heterocycles. The van der Waals surface area contributed by atoms with Crippen molar-refractivity contribution in [1.82, 2.24) is 0 Å². The second-order valence-corrected chi connectivity index (χ2v) is 10.6. The third-order valence-electron chi connectivity index (χ3n) is 4.01. The average Bonchev–Trinajstić information content (AvgIpc) is 2.43. The normalized spacial score (nSPS) is 12.2. The summed E-state index contributed by atoms with van der Waals surface area (Å²) in [5.41, 5.74) is 4.99. The molecule has 0 atom stereocenters. The smallest absolute Gasteiger partial charge is 0.385 e. The number of hydrogen-bond donors (Lipinski definition) is 0. The number of hydrogen-bond acceptors (Lipinski definition) is 2. The maximum atomic E-state index is 6.66. The van der Waals surface area contributed by atoms with E-state index in [1.807, 2.05) is 0 Å². The van der Waals surface area contributed by atoms with Gasteiger partial charge in [-0.05, 0) is 65.8 Å². The lowest BCUT2D eigenvalue weighted by molar-refractivity contribution is 0.125. The van der Waals surface area contributed by atoms with Gasteiger partial charge in [0.25, 0.3) is 0 Å². The molecule has 0 spiro atoms. The molecule has 0 heterocycles. The molecule has 25 heavy (non-hydrogen) atoms. The Morgan fingerprint density at radius 3 is 1.08 bits per heavy atom. The average molecular weight is 357 g/mol. The summed E-state index contributed by atoms with van der Waals surface area (Å²) < 4.78 is 13.3. The van der Waals surface area contributed by atoms with Crippen molar-refractivity contribution in [2.24, 2.45) is 0 Å². The van der Waals surface area contributed by atoms with E-state index in [4.69, 9.17) is 8.85 Å². The Morgan fingerprint density at radius 1 is 0.560 bits per heavy atom. The first kappa shape index (κ1) is 19.9. The lowest BCUT2D eigenvalue weighted by Crippen LogP contribution is -2.65. The highest BCUT2D eigenvalue weighted by atomic mass is 28.4. The van der Waals surface area contributed by atoms with Crippen LogP contribution in [0.3, 0.4) is 0 Å². The first-order valence-electron chi connectivity index (χ1n) is 9.15. The molecule has 2 aromatic carbocycles. The summed E-state index contributed by atoms with van der Waals surface area (Å²) in [5, 5.41) is 2.38. The molecular formula is C22H32O2Si. The van der Waals surface area contributed by atoms with Crippen molar-refractivity contribution < 1.29 is 8.85 Å². The minimum atomic E-state index is -2.80. The molecule has 0 aromatic heterocycles. The highest BCUT2D eigenvalue weighted by molar-refractivity contribution is 6.92. The van der Waals surface area contributed by atoms with Gasteiger partial charge in [0.05, 0.1) is 0 Å². The summed E-state index contributed by atoms with van der Waals surface area (Å²) in [7, 11) is -2.80. The monoisotopic (exact) mass is 356 g/mol. The molecule has 0 aliphatic carbocycles. The molecule has 0 saturated carbocycles. The Bertz CT molecular complexity index is 631. The lowest BCUT2D eigenvalue weighted by Gasteiger charge is -2.35. The zero-order chi connectivity index (χ0) is 18.8. The van der Waals surface area contributed by atoms with Gasteiger partial charge in [0.2, 0.25) is 0 Å². The Hall–Kier alpha value is -1.42. The van der Waals surface area contributed by atoms with Gasteiger partial charge in [-0.2, -0.15) is 0 Å². The van der Waals surface area contributed by atoms with Crippen LogP contribution in [0.15, 0.2) is 36.4 Å². The molecule has 136 valence electrons. The van der Waals surface area contributed by atoms with Gasteiger partial charge in [-0.3, -0.25) is 0 Å². The van der Waals surface area contributed by atoms with Crippen molar-refractivity contribution in [1.29, 1.82) is 0 Å². The van der Waals surface area contributed by atoms with Crippen molar-refractivity contribution in [2.75, 3.05) is 0 Å². The minimum Gasteiger partial charge on any atom is -0.385 e. The van der Waals surface area contributed by atoms with Crippen molar-refractivity contribution in [3.8, 4) is 0 Å². The molecule has 0 saturated heterocycles. The van der Waals surface area contributed by atoms with Crippen LogP contribution < -0.4 is 10.4 Å². The highest BCUT2D eigenvalue weighted by Crippen LogP contribution is 2.18. The van der Waals surface area contributed by atoms with Crippen molar-refractivity contribution >= 4 is 18.9 Å². The van der Waals surface area contributed by atoms with E-state index in [1.54, 1.807) is 0 Å². The highest BCUT2D eigenvalue weighted by Gasteiger charge is 2.45. The molecule has 0 N–H and O–H groups in total. The van der Waals surface area contributed by atoms with Crippen LogP contribution >= 0.6 is 0 Å². The van der Waals surface area contributed by atoms with Crippen LogP contribution in [0.25, 0.3) is 0 Å². The molecule has 2 aromatic rings. The fourth-order valence-corrected chi connectivity index (χ4v) is 7.39. The number of benzene rings is 2. The second-order valence-electron chi connectivity index (χ2n) is 7.70. The molecule has 0 amide bonds. The summed E-state index contributed by atoms with van der Waals surface area (Å²) in [6, 6.07) is 13.4. The van der Waals surface area contributed by atoms with Gasteiger partial charge in [0.15, 0.2) is 0 Å². The van der Waals surface area contributed by atoms with E-state index in [-0.39, 0.29) is 12.2 Å². The van der Waals surface area contributed by atoms with Crippen LogP contribution in [0.1, 0.15) is 49.9 Å². The molecular weight excluding hydrogens is 324 g/mol. The lowest BCUT2D eigenvalue weighted by atomic mass is 10.2. The third-order valence-corrected chi connectivity index (χ3v) is 7.71. The number of rotatable bonds is 6. The predicted molar refractivity (Wildman–Crippen MR) is 109 cm³/mol. The Kier molecular flexibility index (Phi) is 6.25.